The molecule has 18 heavy (non-hydrogen) atoms. The summed E-state index contributed by atoms with van der Waals surface area (Å²) in [5, 5.41) is 1.64. The van der Waals surface area contributed by atoms with Gasteiger partial charge in [-0.15, -0.1) is 6.58 Å². The van der Waals surface area contributed by atoms with Crippen molar-refractivity contribution in [2.45, 2.75) is 32.2 Å². The molecular formula is C11H14F3NO3. The lowest BCUT2D eigenvalue weighted by atomic mass is 9.90. The van der Waals surface area contributed by atoms with Crippen molar-refractivity contribution in [3.8, 4) is 0 Å². The Balaban J connectivity index is 2.85. The maximum absolute atomic E-state index is 12.1. The zero-order chi connectivity index (χ0) is 14.1. The van der Waals surface area contributed by atoms with Crippen LogP contribution in [-0.4, -0.2) is 30.2 Å². The number of halogens is 3. The number of amides is 1. The summed E-state index contributed by atoms with van der Waals surface area (Å²) >= 11 is 0. The first-order valence-electron chi connectivity index (χ1n) is 5.39. The zero-order valence-corrected chi connectivity index (χ0v) is 9.95. The maximum atomic E-state index is 12.1. The van der Waals surface area contributed by atoms with E-state index in [-0.39, 0.29) is 5.92 Å². The molecule has 1 aliphatic heterocycles. The Hall–Kier alpha value is -1.53. The molecule has 0 aromatic rings. The smallest absolute Gasteiger partial charge is 0.460 e. The predicted molar refractivity (Wildman–Crippen MR) is 56.4 cm³/mol. The summed E-state index contributed by atoms with van der Waals surface area (Å²) < 4.78 is 41.3. The van der Waals surface area contributed by atoms with Crippen LogP contribution in [0.2, 0.25) is 0 Å². The summed E-state index contributed by atoms with van der Waals surface area (Å²) in [4.78, 5) is 22.3. The molecule has 1 aliphatic rings. The third-order valence-corrected chi connectivity index (χ3v) is 2.74. The highest BCUT2D eigenvalue weighted by atomic mass is 19.4. The van der Waals surface area contributed by atoms with Gasteiger partial charge in [0.05, 0.1) is 0 Å². The molecule has 102 valence electrons. The SMILES string of the molecule is C=C[C@@H]1[C@H](NC(=O)C(F)(F)F)C(=O)O[C@@H]1C(C)C. The number of hydrogen-bond donors (Lipinski definition) is 1. The minimum absolute atomic E-state index is 0.0789. The third-order valence-electron chi connectivity index (χ3n) is 2.74. The minimum Gasteiger partial charge on any atom is -0.460 e. The molecule has 4 nitrogen and oxygen atoms in total. The highest BCUT2D eigenvalue weighted by molar-refractivity contribution is 5.89. The normalized spacial score (nSPS) is 28.1. The fourth-order valence-electron chi connectivity index (χ4n) is 1.86. The van der Waals surface area contributed by atoms with Gasteiger partial charge in [-0.2, -0.15) is 13.2 Å². The average molecular weight is 265 g/mol. The van der Waals surface area contributed by atoms with Crippen LogP contribution in [0, 0.1) is 11.8 Å². The highest BCUT2D eigenvalue weighted by Crippen LogP contribution is 2.29. The second kappa shape index (κ2) is 4.99. The molecule has 0 aromatic heterocycles. The zero-order valence-electron chi connectivity index (χ0n) is 9.95. The van der Waals surface area contributed by atoms with Gasteiger partial charge in [0.15, 0.2) is 0 Å². The van der Waals surface area contributed by atoms with Gasteiger partial charge in [-0.05, 0) is 5.92 Å². The number of rotatable bonds is 3. The van der Waals surface area contributed by atoms with E-state index < -0.39 is 36.1 Å². The van der Waals surface area contributed by atoms with Crippen molar-refractivity contribution in [2.24, 2.45) is 11.8 Å². The molecule has 0 aliphatic carbocycles. The van der Waals surface area contributed by atoms with E-state index >= 15 is 0 Å². The van der Waals surface area contributed by atoms with Crippen molar-refractivity contribution in [2.75, 3.05) is 0 Å². The Morgan fingerprint density at radius 1 is 1.50 bits per heavy atom. The third kappa shape index (κ3) is 2.83. The van der Waals surface area contributed by atoms with E-state index in [0.717, 1.165) is 0 Å². The van der Waals surface area contributed by atoms with Crippen molar-refractivity contribution in [3.05, 3.63) is 12.7 Å². The first-order chi connectivity index (χ1) is 8.18. The Morgan fingerprint density at radius 2 is 2.06 bits per heavy atom. The predicted octanol–water partition coefficient (Wildman–Crippen LogP) is 1.42. The number of ether oxygens (including phenoxy) is 1. The van der Waals surface area contributed by atoms with Crippen molar-refractivity contribution in [3.63, 3.8) is 0 Å². The fourth-order valence-corrected chi connectivity index (χ4v) is 1.86. The molecular weight excluding hydrogens is 251 g/mol. The Morgan fingerprint density at radius 3 is 2.44 bits per heavy atom. The molecule has 0 bridgehead atoms. The quantitative estimate of drug-likeness (QED) is 0.620. The van der Waals surface area contributed by atoms with Crippen molar-refractivity contribution in [1.29, 1.82) is 0 Å². The number of esters is 1. The number of hydrogen-bond acceptors (Lipinski definition) is 3. The van der Waals surface area contributed by atoms with Gasteiger partial charge in [-0.25, -0.2) is 4.79 Å². The van der Waals surface area contributed by atoms with Gasteiger partial charge in [-0.1, -0.05) is 19.9 Å². The maximum Gasteiger partial charge on any atom is 0.471 e. The molecule has 1 N–H and O–H groups in total. The molecule has 1 saturated heterocycles. The molecule has 1 rings (SSSR count). The molecule has 0 spiro atoms. The van der Waals surface area contributed by atoms with Gasteiger partial charge in [0.2, 0.25) is 0 Å². The van der Waals surface area contributed by atoms with E-state index in [1.54, 1.807) is 19.2 Å². The summed E-state index contributed by atoms with van der Waals surface area (Å²) in [6, 6.07) is -1.33. The monoisotopic (exact) mass is 265 g/mol. The first kappa shape index (κ1) is 14.5. The number of cyclic esters (lactones) is 1. The summed E-state index contributed by atoms with van der Waals surface area (Å²) in [6.45, 7) is 7.00. The average Bonchev–Trinajstić information content (AvgIpc) is 2.54. The first-order valence-corrected chi connectivity index (χ1v) is 5.39. The number of alkyl halides is 3. The lowest BCUT2D eigenvalue weighted by molar-refractivity contribution is -0.175. The van der Waals surface area contributed by atoms with Gasteiger partial charge >= 0.3 is 18.1 Å². The number of nitrogens with one attached hydrogen (secondary N) is 1. The van der Waals surface area contributed by atoms with Crippen molar-refractivity contribution < 1.29 is 27.5 Å². The molecule has 1 amide bonds. The Bertz CT molecular complexity index is 365. The van der Waals surface area contributed by atoms with Crippen LogP contribution in [0.15, 0.2) is 12.7 Å². The van der Waals surface area contributed by atoms with E-state index in [1.165, 1.54) is 6.08 Å². The van der Waals surface area contributed by atoms with Gasteiger partial charge in [0.25, 0.3) is 0 Å². The second-order valence-electron chi connectivity index (χ2n) is 4.41. The summed E-state index contributed by atoms with van der Waals surface area (Å²) in [7, 11) is 0. The fraction of sp³-hybridized carbons (Fsp3) is 0.636. The van der Waals surface area contributed by atoms with Crippen LogP contribution in [0.1, 0.15) is 13.8 Å². The number of carbonyl (C=O) groups is 2. The highest BCUT2D eigenvalue weighted by Gasteiger charge is 2.48. The molecule has 7 heteroatoms. The standard InChI is InChI=1S/C11H14F3NO3/c1-4-6-7(15-10(17)11(12,13)14)9(16)18-8(6)5(2)3/h4-8H,1H2,2-3H3,(H,15,17)/t6-,7+,8-/m1/s1. The van der Waals surface area contributed by atoms with Crippen LogP contribution >= 0.6 is 0 Å². The van der Waals surface area contributed by atoms with Crippen LogP contribution in [-0.2, 0) is 14.3 Å². The van der Waals surface area contributed by atoms with Crippen LogP contribution in [0.25, 0.3) is 0 Å². The van der Waals surface area contributed by atoms with Crippen molar-refractivity contribution in [1.82, 2.24) is 5.32 Å². The van der Waals surface area contributed by atoms with Gasteiger partial charge in [0.1, 0.15) is 12.1 Å². The summed E-state index contributed by atoms with van der Waals surface area (Å²) in [5.74, 6) is -3.76. The Labute approximate surface area is 102 Å². The molecule has 1 fully saturated rings. The topological polar surface area (TPSA) is 55.4 Å². The van der Waals surface area contributed by atoms with Gasteiger partial charge in [0, 0.05) is 5.92 Å². The summed E-state index contributed by atoms with van der Waals surface area (Å²) in [5.41, 5.74) is 0. The van der Waals surface area contributed by atoms with Crippen LogP contribution < -0.4 is 5.32 Å². The van der Waals surface area contributed by atoms with E-state index in [1.807, 2.05) is 0 Å². The minimum atomic E-state index is -5.03. The largest absolute Gasteiger partial charge is 0.471 e. The Kier molecular flexibility index (Phi) is 4.03. The van der Waals surface area contributed by atoms with Crippen LogP contribution in [0.3, 0.4) is 0 Å². The van der Waals surface area contributed by atoms with Crippen LogP contribution in [0.5, 0.6) is 0 Å². The molecule has 3 atom stereocenters. The van der Waals surface area contributed by atoms with E-state index in [4.69, 9.17) is 4.74 Å². The van der Waals surface area contributed by atoms with Gasteiger partial charge in [-0.3, -0.25) is 4.79 Å². The number of carbonyl (C=O) groups excluding carboxylic acids is 2. The van der Waals surface area contributed by atoms with E-state index in [0.29, 0.717) is 0 Å². The molecule has 0 aromatic carbocycles. The van der Waals surface area contributed by atoms with Gasteiger partial charge < -0.3 is 10.1 Å². The van der Waals surface area contributed by atoms with Crippen molar-refractivity contribution >= 4 is 11.9 Å². The van der Waals surface area contributed by atoms with Crippen LogP contribution in [0.4, 0.5) is 13.2 Å². The summed E-state index contributed by atoms with van der Waals surface area (Å²) in [6.07, 6.45) is -4.27. The lowest BCUT2D eigenvalue weighted by Crippen LogP contribution is -2.48. The molecule has 0 unspecified atom stereocenters. The molecule has 0 radical (unpaired) electrons. The molecule has 1 heterocycles. The van der Waals surface area contributed by atoms with E-state index in [2.05, 4.69) is 6.58 Å². The van der Waals surface area contributed by atoms with E-state index in [9.17, 15) is 22.8 Å². The molecule has 0 saturated carbocycles. The lowest BCUT2D eigenvalue weighted by Gasteiger charge is -2.20. The second-order valence-corrected chi connectivity index (χ2v) is 4.41.